The van der Waals surface area contributed by atoms with Crippen LogP contribution in [0.5, 0.6) is 5.75 Å². The molecule has 0 aliphatic carbocycles. The third-order valence-electron chi connectivity index (χ3n) is 4.80. The van der Waals surface area contributed by atoms with Crippen molar-refractivity contribution in [2.24, 2.45) is 0 Å². The first-order chi connectivity index (χ1) is 17.0. The molecule has 194 valence electrons. The van der Waals surface area contributed by atoms with E-state index in [9.17, 15) is 24.3 Å². The predicted molar refractivity (Wildman–Crippen MR) is 130 cm³/mol. The van der Waals surface area contributed by atoms with E-state index < -0.39 is 48.0 Å². The molecular formula is C26H32N2O8. The normalized spacial score (nSPS) is 12.6. The Morgan fingerprint density at radius 3 is 2.11 bits per heavy atom. The van der Waals surface area contributed by atoms with Crippen molar-refractivity contribution < 1.29 is 38.5 Å². The van der Waals surface area contributed by atoms with Crippen LogP contribution in [-0.4, -0.2) is 53.8 Å². The molecule has 0 aromatic heterocycles. The van der Waals surface area contributed by atoms with E-state index in [-0.39, 0.29) is 18.8 Å². The van der Waals surface area contributed by atoms with Crippen molar-refractivity contribution in [3.63, 3.8) is 0 Å². The Morgan fingerprint density at radius 1 is 0.889 bits per heavy atom. The summed E-state index contributed by atoms with van der Waals surface area (Å²) in [4.78, 5) is 50.3. The Labute approximate surface area is 209 Å². The fourth-order valence-electron chi connectivity index (χ4n) is 3.10. The lowest BCUT2D eigenvalue weighted by molar-refractivity contribution is -0.147. The van der Waals surface area contributed by atoms with Crippen LogP contribution in [0.15, 0.2) is 54.6 Å². The first kappa shape index (κ1) is 28.2. The predicted octanol–water partition coefficient (Wildman–Crippen LogP) is 2.62. The van der Waals surface area contributed by atoms with E-state index in [2.05, 4.69) is 10.6 Å². The number of carbonyl (C=O) groups excluding carboxylic acids is 4. The zero-order valence-electron chi connectivity index (χ0n) is 20.8. The Balaban J connectivity index is 2.13. The second-order valence-corrected chi connectivity index (χ2v) is 9.00. The van der Waals surface area contributed by atoms with Gasteiger partial charge in [0.05, 0.1) is 13.5 Å². The van der Waals surface area contributed by atoms with Crippen LogP contribution in [0, 0.1) is 0 Å². The van der Waals surface area contributed by atoms with Crippen molar-refractivity contribution in [3.05, 3.63) is 65.7 Å². The third kappa shape index (κ3) is 10.0. The molecule has 0 aliphatic heterocycles. The van der Waals surface area contributed by atoms with Gasteiger partial charge in [0, 0.05) is 6.42 Å². The van der Waals surface area contributed by atoms with Crippen LogP contribution >= 0.6 is 0 Å². The molecule has 0 radical (unpaired) electrons. The van der Waals surface area contributed by atoms with E-state index in [4.69, 9.17) is 14.2 Å². The van der Waals surface area contributed by atoms with Crippen LogP contribution in [0.2, 0.25) is 0 Å². The molecule has 36 heavy (non-hydrogen) atoms. The van der Waals surface area contributed by atoms with E-state index in [1.807, 2.05) is 6.07 Å². The lowest BCUT2D eigenvalue weighted by Crippen LogP contribution is -2.53. The van der Waals surface area contributed by atoms with Gasteiger partial charge in [0.25, 0.3) is 0 Å². The average molecular weight is 501 g/mol. The number of amides is 2. The number of rotatable bonds is 10. The summed E-state index contributed by atoms with van der Waals surface area (Å²) in [5, 5.41) is 14.4. The molecule has 0 bridgehead atoms. The Morgan fingerprint density at radius 2 is 1.53 bits per heavy atom. The lowest BCUT2D eigenvalue weighted by atomic mass is 10.0. The number of hydrogen-bond acceptors (Lipinski definition) is 8. The van der Waals surface area contributed by atoms with Crippen LogP contribution < -0.4 is 10.6 Å². The molecule has 0 unspecified atom stereocenters. The van der Waals surface area contributed by atoms with Gasteiger partial charge in [0.15, 0.2) is 0 Å². The van der Waals surface area contributed by atoms with E-state index in [0.29, 0.717) is 5.56 Å². The Hall–Kier alpha value is -4.08. The highest BCUT2D eigenvalue weighted by molar-refractivity contribution is 5.92. The van der Waals surface area contributed by atoms with Gasteiger partial charge in [-0.05, 0) is 44.0 Å². The third-order valence-corrected chi connectivity index (χ3v) is 4.80. The SMILES string of the molecule is COC(=O)[C@H](Cc1ccc(O)cc1)NC(=O)[C@H](CC(=O)OCc1ccccc1)NC(=O)OC(C)(C)C. The van der Waals surface area contributed by atoms with Gasteiger partial charge in [-0.2, -0.15) is 0 Å². The number of esters is 2. The maximum atomic E-state index is 13.1. The van der Waals surface area contributed by atoms with Crippen molar-refractivity contribution in [1.82, 2.24) is 10.6 Å². The number of aromatic hydroxyl groups is 1. The monoisotopic (exact) mass is 500 g/mol. The fourth-order valence-corrected chi connectivity index (χ4v) is 3.10. The van der Waals surface area contributed by atoms with Crippen molar-refractivity contribution in [2.45, 2.75) is 57.9 Å². The summed E-state index contributed by atoms with van der Waals surface area (Å²) in [5.41, 5.74) is 0.556. The zero-order chi connectivity index (χ0) is 26.7. The summed E-state index contributed by atoms with van der Waals surface area (Å²) < 4.78 is 15.3. The van der Waals surface area contributed by atoms with Crippen molar-refractivity contribution >= 4 is 23.9 Å². The van der Waals surface area contributed by atoms with E-state index in [1.54, 1.807) is 57.2 Å². The van der Waals surface area contributed by atoms with Crippen molar-refractivity contribution in [3.8, 4) is 5.75 Å². The molecule has 0 saturated heterocycles. The smallest absolute Gasteiger partial charge is 0.408 e. The van der Waals surface area contributed by atoms with Gasteiger partial charge in [-0.1, -0.05) is 42.5 Å². The molecule has 10 heteroatoms. The van der Waals surface area contributed by atoms with Gasteiger partial charge < -0.3 is 30.0 Å². The molecule has 0 aliphatic rings. The molecule has 2 amide bonds. The van der Waals surface area contributed by atoms with Crippen LogP contribution in [0.1, 0.15) is 38.3 Å². The van der Waals surface area contributed by atoms with Crippen LogP contribution in [0.25, 0.3) is 0 Å². The quantitative estimate of drug-likeness (QED) is 0.334. The number of phenols is 1. The molecule has 3 N–H and O–H groups in total. The summed E-state index contributed by atoms with van der Waals surface area (Å²) in [6.07, 6.45) is -1.35. The molecule has 0 spiro atoms. The maximum Gasteiger partial charge on any atom is 0.408 e. The summed E-state index contributed by atoms with van der Waals surface area (Å²) in [7, 11) is 1.18. The van der Waals surface area contributed by atoms with Crippen LogP contribution in [-0.2, 0) is 41.6 Å². The minimum Gasteiger partial charge on any atom is -0.508 e. The molecule has 2 rings (SSSR count). The molecule has 0 saturated carbocycles. The summed E-state index contributed by atoms with van der Waals surface area (Å²) >= 11 is 0. The Bertz CT molecular complexity index is 1030. The summed E-state index contributed by atoms with van der Waals surface area (Å²) in [6.45, 7) is 4.95. The lowest BCUT2D eigenvalue weighted by Gasteiger charge is -2.24. The highest BCUT2D eigenvalue weighted by atomic mass is 16.6. The Kier molecular flexibility index (Phi) is 10.3. The number of ether oxygens (including phenoxy) is 3. The summed E-state index contributed by atoms with van der Waals surface area (Å²) in [6, 6.07) is 12.6. The molecule has 2 aromatic carbocycles. The number of carbonyl (C=O) groups is 4. The van der Waals surface area contributed by atoms with E-state index in [0.717, 1.165) is 5.56 Å². The van der Waals surface area contributed by atoms with Gasteiger partial charge >= 0.3 is 18.0 Å². The topological polar surface area (TPSA) is 140 Å². The fraction of sp³-hybridized carbons (Fsp3) is 0.385. The largest absolute Gasteiger partial charge is 0.508 e. The molecule has 10 nitrogen and oxygen atoms in total. The molecule has 2 atom stereocenters. The standard InChI is InChI=1S/C26H32N2O8/c1-26(2,3)36-25(33)28-20(15-22(30)35-16-18-8-6-5-7-9-18)23(31)27-21(24(32)34-4)14-17-10-12-19(29)13-11-17/h5-13,20-21,29H,14-16H2,1-4H3,(H,27,31)(H,28,33)/t20-,21-/m0/s1. The van der Waals surface area contributed by atoms with Gasteiger partial charge in [0.2, 0.25) is 5.91 Å². The number of benzene rings is 2. The second kappa shape index (κ2) is 13.1. The zero-order valence-corrected chi connectivity index (χ0v) is 20.8. The summed E-state index contributed by atoms with van der Waals surface area (Å²) in [5.74, 6) is -2.21. The second-order valence-electron chi connectivity index (χ2n) is 9.00. The minimum atomic E-state index is -1.38. The highest BCUT2D eigenvalue weighted by Crippen LogP contribution is 2.13. The van der Waals surface area contributed by atoms with E-state index >= 15 is 0 Å². The molecule has 2 aromatic rings. The van der Waals surface area contributed by atoms with Crippen LogP contribution in [0.4, 0.5) is 4.79 Å². The van der Waals surface area contributed by atoms with Crippen molar-refractivity contribution in [2.75, 3.05) is 7.11 Å². The van der Waals surface area contributed by atoms with Gasteiger partial charge in [-0.3, -0.25) is 9.59 Å². The van der Waals surface area contributed by atoms with E-state index in [1.165, 1.54) is 19.2 Å². The molecule has 0 heterocycles. The number of methoxy groups -OCH3 is 1. The first-order valence-electron chi connectivity index (χ1n) is 11.3. The number of alkyl carbamates (subject to hydrolysis) is 1. The minimum absolute atomic E-state index is 0.00785. The maximum absolute atomic E-state index is 13.1. The first-order valence-corrected chi connectivity index (χ1v) is 11.3. The van der Waals surface area contributed by atoms with Gasteiger partial charge in [-0.15, -0.1) is 0 Å². The highest BCUT2D eigenvalue weighted by Gasteiger charge is 2.31. The van der Waals surface area contributed by atoms with Crippen LogP contribution in [0.3, 0.4) is 0 Å². The average Bonchev–Trinajstić information content (AvgIpc) is 2.82. The number of phenolic OH excluding ortho intramolecular Hbond substituents is 1. The van der Waals surface area contributed by atoms with Crippen molar-refractivity contribution in [1.29, 1.82) is 0 Å². The van der Waals surface area contributed by atoms with Gasteiger partial charge in [-0.25, -0.2) is 9.59 Å². The number of hydrogen-bond donors (Lipinski definition) is 3. The molecule has 0 fully saturated rings. The molecular weight excluding hydrogens is 468 g/mol. The van der Waals surface area contributed by atoms with Gasteiger partial charge in [0.1, 0.15) is 30.0 Å². The number of nitrogens with one attached hydrogen (secondary N) is 2.